The molecule has 5 aromatic rings. The van der Waals surface area contributed by atoms with Gasteiger partial charge in [0, 0.05) is 11.6 Å². The molecule has 5 N–H and O–H groups in total. The number of benzene rings is 3. The molecule has 6 atom stereocenters. The van der Waals surface area contributed by atoms with Crippen molar-refractivity contribution in [3.05, 3.63) is 90.6 Å². The SMILES string of the molecule is COc1nc(N)nc2c1ccn2[C@@H]1O[C@H](COP(=O)(N[C@@H](C)C(=O)OCc2ccccc2)Oc2cccc3ccccc23)[C@@H](O)[C@@]1(C)O. The van der Waals surface area contributed by atoms with Crippen molar-refractivity contribution >= 4 is 41.5 Å². The van der Waals surface area contributed by atoms with Crippen LogP contribution >= 0.6 is 7.75 Å². The van der Waals surface area contributed by atoms with Crippen molar-refractivity contribution in [2.75, 3.05) is 19.5 Å². The molecule has 14 nitrogen and oxygen atoms in total. The molecule has 1 aliphatic rings. The number of aliphatic hydroxyl groups is 2. The smallest absolute Gasteiger partial charge is 0.459 e. The van der Waals surface area contributed by atoms with Crippen molar-refractivity contribution in [2.45, 2.75) is 50.5 Å². The first kappa shape index (κ1) is 33.3. The predicted molar refractivity (Wildman–Crippen MR) is 176 cm³/mol. The van der Waals surface area contributed by atoms with E-state index in [9.17, 15) is 19.6 Å². The van der Waals surface area contributed by atoms with Crippen molar-refractivity contribution < 1.29 is 42.8 Å². The summed E-state index contributed by atoms with van der Waals surface area (Å²) in [6.07, 6.45) is -2.29. The molecule has 0 saturated carbocycles. The molecule has 2 aromatic heterocycles. The minimum Gasteiger partial charge on any atom is -0.480 e. The number of fused-ring (bicyclic) bond motifs is 2. The quantitative estimate of drug-likeness (QED) is 0.109. The second-order valence-electron chi connectivity index (χ2n) is 11.6. The maximum Gasteiger partial charge on any atom is 0.459 e. The number of methoxy groups -OCH3 is 1. The van der Waals surface area contributed by atoms with E-state index in [1.807, 2.05) is 54.6 Å². The number of nitrogens with two attached hydrogens (primary N) is 1. The van der Waals surface area contributed by atoms with E-state index in [-0.39, 0.29) is 24.2 Å². The Morgan fingerprint density at radius 3 is 2.58 bits per heavy atom. The van der Waals surface area contributed by atoms with Crippen LogP contribution in [0.5, 0.6) is 11.6 Å². The summed E-state index contributed by atoms with van der Waals surface area (Å²) in [5.74, 6) is -0.299. The zero-order valence-electron chi connectivity index (χ0n) is 26.4. The van der Waals surface area contributed by atoms with Crippen LogP contribution in [0.2, 0.25) is 0 Å². The fourth-order valence-corrected chi connectivity index (χ4v) is 7.08. The highest BCUT2D eigenvalue weighted by molar-refractivity contribution is 7.52. The first-order valence-electron chi connectivity index (χ1n) is 15.1. The number of esters is 1. The number of aromatic nitrogens is 3. The molecular weight excluding hydrogens is 641 g/mol. The van der Waals surface area contributed by atoms with Crippen molar-refractivity contribution in [2.24, 2.45) is 0 Å². The van der Waals surface area contributed by atoms with E-state index in [4.69, 9.17) is 29.0 Å². The summed E-state index contributed by atoms with van der Waals surface area (Å²) >= 11 is 0. The average Bonchev–Trinajstić information content (AvgIpc) is 3.59. The third-order valence-electron chi connectivity index (χ3n) is 8.06. The van der Waals surface area contributed by atoms with Gasteiger partial charge < -0.3 is 39.2 Å². The lowest BCUT2D eigenvalue weighted by Crippen LogP contribution is -2.44. The van der Waals surface area contributed by atoms with Crippen LogP contribution in [0.4, 0.5) is 5.95 Å². The van der Waals surface area contributed by atoms with Crippen LogP contribution in [0.3, 0.4) is 0 Å². The number of nitrogen functional groups attached to an aromatic ring is 1. The van der Waals surface area contributed by atoms with E-state index >= 15 is 0 Å². The minimum absolute atomic E-state index is 0.0100. The molecule has 0 spiro atoms. The molecule has 0 amide bonds. The number of aliphatic hydroxyl groups excluding tert-OH is 1. The second-order valence-corrected chi connectivity index (χ2v) is 13.2. The van der Waals surface area contributed by atoms with Crippen LogP contribution in [0.1, 0.15) is 25.6 Å². The van der Waals surface area contributed by atoms with E-state index < -0.39 is 50.4 Å². The van der Waals surface area contributed by atoms with Crippen molar-refractivity contribution in [1.82, 2.24) is 19.6 Å². The highest BCUT2D eigenvalue weighted by Gasteiger charge is 2.54. The van der Waals surface area contributed by atoms with Gasteiger partial charge in [-0.2, -0.15) is 15.1 Å². The van der Waals surface area contributed by atoms with Gasteiger partial charge in [-0.3, -0.25) is 9.32 Å². The number of nitrogens with one attached hydrogen (secondary N) is 1. The summed E-state index contributed by atoms with van der Waals surface area (Å²) in [7, 11) is -2.95. The monoisotopic (exact) mass is 677 g/mol. The molecule has 0 aliphatic carbocycles. The first-order valence-corrected chi connectivity index (χ1v) is 16.7. The summed E-state index contributed by atoms with van der Waals surface area (Å²) < 4.78 is 44.6. The third-order valence-corrected chi connectivity index (χ3v) is 9.69. The van der Waals surface area contributed by atoms with Crippen LogP contribution in [-0.4, -0.2) is 68.3 Å². The Morgan fingerprint density at radius 1 is 1.08 bits per heavy atom. The van der Waals surface area contributed by atoms with Gasteiger partial charge in [-0.1, -0.05) is 66.7 Å². The molecule has 1 saturated heterocycles. The first-order chi connectivity index (χ1) is 23.0. The van der Waals surface area contributed by atoms with Crippen LogP contribution < -0.4 is 20.1 Å². The van der Waals surface area contributed by atoms with Gasteiger partial charge in [0.2, 0.25) is 11.8 Å². The normalized spacial score (nSPS) is 22.7. The Kier molecular flexibility index (Phi) is 9.39. The summed E-state index contributed by atoms with van der Waals surface area (Å²) in [5.41, 5.74) is 5.09. The van der Waals surface area contributed by atoms with Crippen LogP contribution in [-0.2, 0) is 30.0 Å². The molecule has 0 radical (unpaired) electrons. The van der Waals surface area contributed by atoms with Gasteiger partial charge in [0.1, 0.15) is 36.2 Å². The molecular formula is C33H36N5O9P. The topological polar surface area (TPSA) is 190 Å². The predicted octanol–water partition coefficient (Wildman–Crippen LogP) is 4.11. The van der Waals surface area contributed by atoms with Gasteiger partial charge >= 0.3 is 13.7 Å². The van der Waals surface area contributed by atoms with Gasteiger partial charge in [0.25, 0.3) is 0 Å². The molecule has 252 valence electrons. The van der Waals surface area contributed by atoms with Gasteiger partial charge in [-0.15, -0.1) is 0 Å². The summed E-state index contributed by atoms with van der Waals surface area (Å²) in [6, 6.07) is 22.2. The molecule has 1 unspecified atom stereocenters. The molecule has 15 heteroatoms. The fraction of sp³-hybridized carbons (Fsp3) is 0.303. The van der Waals surface area contributed by atoms with Crippen LogP contribution in [0.15, 0.2) is 85.1 Å². The number of nitrogens with zero attached hydrogens (tertiary/aromatic N) is 3. The van der Waals surface area contributed by atoms with Crippen molar-refractivity contribution in [3.8, 4) is 11.6 Å². The lowest BCUT2D eigenvalue weighted by molar-refractivity contribution is -0.146. The number of hydrogen-bond acceptors (Lipinski definition) is 12. The summed E-state index contributed by atoms with van der Waals surface area (Å²) in [6.45, 7) is 2.37. The van der Waals surface area contributed by atoms with E-state index in [2.05, 4.69) is 15.1 Å². The van der Waals surface area contributed by atoms with E-state index in [0.29, 0.717) is 16.4 Å². The maximum absolute atomic E-state index is 14.4. The Morgan fingerprint density at radius 2 is 1.81 bits per heavy atom. The Hall–Kier alpha value is -4.56. The lowest BCUT2D eigenvalue weighted by Gasteiger charge is -2.28. The number of carbonyl (C=O) groups is 1. The summed E-state index contributed by atoms with van der Waals surface area (Å²) in [5, 5.41) is 27.3. The Bertz CT molecular complexity index is 1970. The Labute approximate surface area is 276 Å². The van der Waals surface area contributed by atoms with E-state index in [1.165, 1.54) is 25.5 Å². The second kappa shape index (κ2) is 13.5. The number of rotatable bonds is 12. The highest BCUT2D eigenvalue weighted by Crippen LogP contribution is 2.48. The summed E-state index contributed by atoms with van der Waals surface area (Å²) in [4.78, 5) is 21.3. The molecule has 6 rings (SSSR count). The zero-order valence-corrected chi connectivity index (χ0v) is 27.3. The number of carbonyl (C=O) groups excluding carboxylic acids is 1. The maximum atomic E-state index is 14.4. The fourth-order valence-electron chi connectivity index (χ4n) is 5.55. The average molecular weight is 678 g/mol. The van der Waals surface area contributed by atoms with Gasteiger partial charge in [-0.25, -0.2) is 4.57 Å². The molecule has 3 aromatic carbocycles. The van der Waals surface area contributed by atoms with Crippen molar-refractivity contribution in [3.63, 3.8) is 0 Å². The van der Waals surface area contributed by atoms with Gasteiger partial charge in [0.15, 0.2) is 11.9 Å². The molecule has 48 heavy (non-hydrogen) atoms. The van der Waals surface area contributed by atoms with Crippen LogP contribution in [0.25, 0.3) is 21.8 Å². The van der Waals surface area contributed by atoms with E-state index in [0.717, 1.165) is 10.9 Å². The highest BCUT2D eigenvalue weighted by atomic mass is 31.2. The molecule has 3 heterocycles. The Balaban J connectivity index is 1.24. The molecule has 0 bridgehead atoms. The number of hydrogen-bond donors (Lipinski definition) is 4. The minimum atomic E-state index is -4.39. The zero-order chi connectivity index (χ0) is 34.1. The number of ether oxygens (including phenoxy) is 3. The van der Waals surface area contributed by atoms with Gasteiger partial charge in [-0.05, 0) is 36.9 Å². The standard InChI is InChI=1S/C33H36N5O9P/c1-20(30(40)44-18-21-10-5-4-6-11-21)37-48(42,47-25-15-9-13-22-12-7-8-14-23(22)25)45-19-26-27(39)33(2,41)31(46-26)38-17-16-24-28(38)35-32(34)36-29(24)43-3/h4-17,20,26-27,31,39,41H,18-19H2,1-3H3,(H,37,42)(H2,34,35,36)/t20-,26+,27+,31+,33+,48?/m0/s1. The van der Waals surface area contributed by atoms with Gasteiger partial charge in [0.05, 0.1) is 19.1 Å². The van der Waals surface area contributed by atoms with Crippen LogP contribution in [0, 0.1) is 0 Å². The van der Waals surface area contributed by atoms with E-state index in [1.54, 1.807) is 30.5 Å². The molecule has 1 aliphatic heterocycles. The number of anilines is 1. The molecule has 1 fully saturated rings. The van der Waals surface area contributed by atoms with Crippen molar-refractivity contribution in [1.29, 1.82) is 0 Å². The largest absolute Gasteiger partial charge is 0.480 e. The lowest BCUT2D eigenvalue weighted by atomic mass is 9.96. The third kappa shape index (κ3) is 6.72.